The molecular formula is C15H9ClFNO3. The number of carbonyl (C=O) groups is 1. The molecular weight excluding hydrogens is 297 g/mol. The van der Waals surface area contributed by atoms with Gasteiger partial charge in [-0.3, -0.25) is 4.79 Å². The minimum atomic E-state index is -0.510. The van der Waals surface area contributed by atoms with Gasteiger partial charge in [0, 0.05) is 16.5 Å². The molecule has 0 spiro atoms. The van der Waals surface area contributed by atoms with Crippen molar-refractivity contribution in [3.8, 4) is 5.75 Å². The SMILES string of the molecule is COc1cc(Cl)cc2cc(C(=O)c3ccc(F)cn3)oc12. The minimum Gasteiger partial charge on any atom is -0.493 e. The predicted molar refractivity (Wildman–Crippen MR) is 75.4 cm³/mol. The van der Waals surface area contributed by atoms with Crippen LogP contribution < -0.4 is 4.74 Å². The van der Waals surface area contributed by atoms with Gasteiger partial charge in [-0.2, -0.15) is 0 Å². The largest absolute Gasteiger partial charge is 0.493 e. The molecule has 0 aliphatic carbocycles. The number of methoxy groups -OCH3 is 1. The number of ether oxygens (including phenoxy) is 1. The maximum absolute atomic E-state index is 12.8. The molecule has 0 saturated carbocycles. The number of benzene rings is 1. The Balaban J connectivity index is 2.08. The first-order valence-electron chi connectivity index (χ1n) is 6.02. The third-order valence-corrected chi connectivity index (χ3v) is 3.17. The standard InChI is InChI=1S/C15H9ClFNO3/c1-20-13-6-9(16)4-8-5-12(21-15(8)13)14(19)11-3-2-10(17)7-18-11/h2-7H,1H3. The number of furan rings is 1. The van der Waals surface area contributed by atoms with E-state index in [0.29, 0.717) is 21.7 Å². The highest BCUT2D eigenvalue weighted by atomic mass is 35.5. The molecule has 0 atom stereocenters. The molecule has 6 heteroatoms. The van der Waals surface area contributed by atoms with Gasteiger partial charge < -0.3 is 9.15 Å². The number of hydrogen-bond donors (Lipinski definition) is 0. The number of aromatic nitrogens is 1. The molecule has 0 aliphatic heterocycles. The Hall–Kier alpha value is -2.40. The van der Waals surface area contributed by atoms with Crippen LogP contribution >= 0.6 is 11.6 Å². The number of fused-ring (bicyclic) bond motifs is 1. The summed E-state index contributed by atoms with van der Waals surface area (Å²) in [5.74, 6) is -0.428. The molecule has 21 heavy (non-hydrogen) atoms. The maximum atomic E-state index is 12.8. The van der Waals surface area contributed by atoms with Crippen LogP contribution in [0.15, 0.2) is 40.9 Å². The highest BCUT2D eigenvalue weighted by Gasteiger charge is 2.18. The van der Waals surface area contributed by atoms with Gasteiger partial charge in [-0.1, -0.05) is 11.6 Å². The van der Waals surface area contributed by atoms with E-state index >= 15 is 0 Å². The molecule has 0 N–H and O–H groups in total. The average Bonchev–Trinajstić information content (AvgIpc) is 2.90. The molecule has 2 aromatic heterocycles. The van der Waals surface area contributed by atoms with Crippen molar-refractivity contribution in [2.75, 3.05) is 7.11 Å². The first kappa shape index (κ1) is 13.6. The fourth-order valence-electron chi connectivity index (χ4n) is 1.99. The number of rotatable bonds is 3. The molecule has 0 bridgehead atoms. The van der Waals surface area contributed by atoms with Crippen molar-refractivity contribution in [1.82, 2.24) is 4.98 Å². The highest BCUT2D eigenvalue weighted by molar-refractivity contribution is 6.31. The summed E-state index contributed by atoms with van der Waals surface area (Å²) in [5, 5.41) is 1.11. The van der Waals surface area contributed by atoms with Crippen LogP contribution in [-0.2, 0) is 0 Å². The van der Waals surface area contributed by atoms with E-state index in [1.165, 1.54) is 19.2 Å². The Bertz CT molecular complexity index is 827. The zero-order valence-corrected chi connectivity index (χ0v) is 11.6. The number of pyridine rings is 1. The zero-order valence-electron chi connectivity index (χ0n) is 10.9. The first-order valence-corrected chi connectivity index (χ1v) is 6.39. The van der Waals surface area contributed by atoms with Crippen molar-refractivity contribution in [2.45, 2.75) is 0 Å². The van der Waals surface area contributed by atoms with E-state index in [1.54, 1.807) is 18.2 Å². The highest BCUT2D eigenvalue weighted by Crippen LogP contribution is 2.32. The molecule has 0 aliphatic rings. The maximum Gasteiger partial charge on any atom is 0.246 e. The second kappa shape index (κ2) is 5.18. The molecule has 2 heterocycles. The Morgan fingerprint density at radius 3 is 2.81 bits per heavy atom. The summed E-state index contributed by atoms with van der Waals surface area (Å²) < 4.78 is 23.5. The lowest BCUT2D eigenvalue weighted by Gasteiger charge is -2.00. The zero-order chi connectivity index (χ0) is 15.0. The predicted octanol–water partition coefficient (Wildman–Crippen LogP) is 3.86. The fourth-order valence-corrected chi connectivity index (χ4v) is 2.20. The molecule has 0 saturated heterocycles. The van der Waals surface area contributed by atoms with Crippen LogP contribution in [0.2, 0.25) is 5.02 Å². The van der Waals surface area contributed by atoms with Crippen LogP contribution in [0.4, 0.5) is 4.39 Å². The van der Waals surface area contributed by atoms with Gasteiger partial charge in [0.1, 0.15) is 11.5 Å². The van der Waals surface area contributed by atoms with Crippen LogP contribution in [-0.4, -0.2) is 17.9 Å². The number of ketones is 1. The van der Waals surface area contributed by atoms with Crippen molar-refractivity contribution in [1.29, 1.82) is 0 Å². The molecule has 1 aromatic carbocycles. The topological polar surface area (TPSA) is 52.3 Å². The van der Waals surface area contributed by atoms with E-state index in [-0.39, 0.29) is 11.5 Å². The number of carbonyl (C=O) groups excluding carboxylic acids is 1. The minimum absolute atomic E-state index is 0.0877. The summed E-state index contributed by atoms with van der Waals surface area (Å²) in [7, 11) is 1.48. The van der Waals surface area contributed by atoms with E-state index in [1.807, 2.05) is 0 Å². The van der Waals surface area contributed by atoms with Crippen LogP contribution in [0.25, 0.3) is 11.0 Å². The summed E-state index contributed by atoms with van der Waals surface area (Å²) in [6, 6.07) is 7.28. The third-order valence-electron chi connectivity index (χ3n) is 2.95. The molecule has 0 radical (unpaired) electrons. The normalized spacial score (nSPS) is 10.8. The van der Waals surface area contributed by atoms with Gasteiger partial charge >= 0.3 is 0 Å². The molecule has 3 rings (SSSR count). The quantitative estimate of drug-likeness (QED) is 0.689. The van der Waals surface area contributed by atoms with Crippen molar-refractivity contribution in [2.24, 2.45) is 0 Å². The molecule has 106 valence electrons. The molecule has 0 unspecified atom stereocenters. The van der Waals surface area contributed by atoms with E-state index in [4.69, 9.17) is 20.8 Å². The van der Waals surface area contributed by atoms with Crippen molar-refractivity contribution >= 4 is 28.4 Å². The molecule has 0 fully saturated rings. The smallest absolute Gasteiger partial charge is 0.246 e. The third kappa shape index (κ3) is 2.48. The van der Waals surface area contributed by atoms with E-state index in [9.17, 15) is 9.18 Å². The van der Waals surface area contributed by atoms with Crippen LogP contribution in [0.1, 0.15) is 16.2 Å². The van der Waals surface area contributed by atoms with Gasteiger partial charge in [0.05, 0.1) is 13.3 Å². The summed E-state index contributed by atoms with van der Waals surface area (Å²) in [6.07, 6.45) is 0.980. The lowest BCUT2D eigenvalue weighted by Crippen LogP contribution is -2.02. The van der Waals surface area contributed by atoms with Gasteiger partial charge in [-0.25, -0.2) is 9.37 Å². The van der Waals surface area contributed by atoms with Gasteiger partial charge in [0.25, 0.3) is 0 Å². The van der Waals surface area contributed by atoms with Crippen molar-refractivity contribution in [3.63, 3.8) is 0 Å². The van der Waals surface area contributed by atoms with E-state index in [0.717, 1.165) is 6.20 Å². The fraction of sp³-hybridized carbons (Fsp3) is 0.0667. The summed E-state index contributed by atoms with van der Waals surface area (Å²) in [5.41, 5.74) is 0.521. The molecule has 0 amide bonds. The summed E-state index contributed by atoms with van der Waals surface area (Å²) in [6.45, 7) is 0. The summed E-state index contributed by atoms with van der Waals surface area (Å²) in [4.78, 5) is 16.0. The van der Waals surface area contributed by atoms with Crippen LogP contribution in [0.5, 0.6) is 5.75 Å². The lowest BCUT2D eigenvalue weighted by molar-refractivity contribution is 0.101. The van der Waals surface area contributed by atoms with Gasteiger partial charge in [-0.05, 0) is 24.3 Å². The Labute approximate surface area is 124 Å². The molecule has 4 nitrogen and oxygen atoms in total. The Morgan fingerprint density at radius 2 is 2.14 bits per heavy atom. The number of hydrogen-bond acceptors (Lipinski definition) is 4. The van der Waals surface area contributed by atoms with Gasteiger partial charge in [0.2, 0.25) is 5.78 Å². The monoisotopic (exact) mass is 305 g/mol. The molecule has 3 aromatic rings. The van der Waals surface area contributed by atoms with E-state index < -0.39 is 11.6 Å². The summed E-state index contributed by atoms with van der Waals surface area (Å²) >= 11 is 5.97. The van der Waals surface area contributed by atoms with Crippen molar-refractivity contribution in [3.05, 3.63) is 58.8 Å². The lowest BCUT2D eigenvalue weighted by atomic mass is 10.2. The van der Waals surface area contributed by atoms with Gasteiger partial charge in [-0.15, -0.1) is 0 Å². The van der Waals surface area contributed by atoms with Crippen LogP contribution in [0.3, 0.4) is 0 Å². The second-order valence-corrected chi connectivity index (χ2v) is 4.76. The van der Waals surface area contributed by atoms with Crippen molar-refractivity contribution < 1.29 is 18.3 Å². The van der Waals surface area contributed by atoms with E-state index in [2.05, 4.69) is 4.98 Å². The number of halogens is 2. The second-order valence-electron chi connectivity index (χ2n) is 4.33. The average molecular weight is 306 g/mol. The Morgan fingerprint density at radius 1 is 1.33 bits per heavy atom. The number of nitrogens with zero attached hydrogens (tertiary/aromatic N) is 1. The van der Waals surface area contributed by atoms with Gasteiger partial charge in [0.15, 0.2) is 17.1 Å². The first-order chi connectivity index (χ1) is 10.1. The van der Waals surface area contributed by atoms with Crippen LogP contribution in [0, 0.1) is 5.82 Å². The Kier molecular flexibility index (Phi) is 3.35.